The highest BCUT2D eigenvalue weighted by molar-refractivity contribution is 6.52. The van der Waals surface area contributed by atoms with E-state index in [0.717, 1.165) is 0 Å². The zero-order valence-corrected chi connectivity index (χ0v) is 10.3. The molecule has 0 aliphatic carbocycles. The lowest BCUT2D eigenvalue weighted by molar-refractivity contribution is -0.114. The largest absolute Gasteiger partial charge is 0.497 e. The van der Waals surface area contributed by atoms with Crippen LogP contribution in [0.25, 0.3) is 0 Å². The monoisotopic (exact) mass is 243 g/mol. The summed E-state index contributed by atoms with van der Waals surface area (Å²) in [6, 6.07) is 5.01. The molecule has 0 radical (unpaired) electrons. The number of hydrogen-bond acceptors (Lipinski definition) is 3. The van der Waals surface area contributed by atoms with E-state index in [1.807, 2.05) is 0 Å². The smallest absolute Gasteiger partial charge is 0.299 e. The van der Waals surface area contributed by atoms with Crippen LogP contribution >= 0.6 is 0 Å². The minimum absolute atomic E-state index is 0.422. The van der Waals surface area contributed by atoms with Crippen molar-refractivity contribution >= 4 is 17.4 Å². The van der Waals surface area contributed by atoms with Gasteiger partial charge in [0.1, 0.15) is 5.75 Å². The summed E-state index contributed by atoms with van der Waals surface area (Å²) >= 11 is 0. The maximum absolute atomic E-state index is 11.8. The van der Waals surface area contributed by atoms with Gasteiger partial charge in [0.15, 0.2) is 0 Å². The summed E-state index contributed by atoms with van der Waals surface area (Å²) < 4.78 is 5.11. The standard InChI is InChI=1S/C14H13NO3/c1-3-4-5-8-15-12-9-10(18-2)6-7-11(12)13(16)14(15)17/h6-7,9H,5,8H2,1-2H3. The van der Waals surface area contributed by atoms with Crippen LogP contribution in [0.4, 0.5) is 5.69 Å². The number of methoxy groups -OCH3 is 1. The highest BCUT2D eigenvalue weighted by Crippen LogP contribution is 2.32. The predicted molar refractivity (Wildman–Crippen MR) is 67.7 cm³/mol. The minimum atomic E-state index is -0.490. The molecule has 0 fully saturated rings. The van der Waals surface area contributed by atoms with E-state index in [9.17, 15) is 9.59 Å². The minimum Gasteiger partial charge on any atom is -0.497 e. The van der Waals surface area contributed by atoms with Gasteiger partial charge in [-0.25, -0.2) is 0 Å². The van der Waals surface area contributed by atoms with Crippen molar-refractivity contribution in [2.24, 2.45) is 0 Å². The van der Waals surface area contributed by atoms with E-state index in [2.05, 4.69) is 11.8 Å². The fourth-order valence-electron chi connectivity index (χ4n) is 1.92. The first-order valence-corrected chi connectivity index (χ1v) is 5.63. The molecule has 0 bridgehead atoms. The zero-order chi connectivity index (χ0) is 13.1. The lowest BCUT2D eigenvalue weighted by Gasteiger charge is -2.15. The van der Waals surface area contributed by atoms with Crippen molar-refractivity contribution in [1.29, 1.82) is 0 Å². The molecule has 0 atom stereocenters. The molecule has 92 valence electrons. The van der Waals surface area contributed by atoms with E-state index in [1.165, 1.54) is 4.90 Å². The Bertz CT molecular complexity index is 566. The quantitative estimate of drug-likeness (QED) is 0.599. The number of benzene rings is 1. The Hall–Kier alpha value is -2.28. The molecule has 4 heteroatoms. The van der Waals surface area contributed by atoms with Gasteiger partial charge < -0.3 is 9.64 Å². The third kappa shape index (κ3) is 1.95. The van der Waals surface area contributed by atoms with Crippen molar-refractivity contribution in [1.82, 2.24) is 0 Å². The van der Waals surface area contributed by atoms with Gasteiger partial charge >= 0.3 is 0 Å². The fourth-order valence-corrected chi connectivity index (χ4v) is 1.92. The number of nitrogens with zero attached hydrogens (tertiary/aromatic N) is 1. The Morgan fingerprint density at radius 2 is 2.11 bits per heavy atom. The molecule has 1 amide bonds. The summed E-state index contributed by atoms with van der Waals surface area (Å²) in [7, 11) is 1.55. The number of ether oxygens (including phenoxy) is 1. The van der Waals surface area contributed by atoms with Crippen LogP contribution in [0.5, 0.6) is 5.75 Å². The fraction of sp³-hybridized carbons (Fsp3) is 0.286. The molecule has 0 saturated heterocycles. The molecular weight excluding hydrogens is 230 g/mol. The molecule has 0 saturated carbocycles. The third-order valence-electron chi connectivity index (χ3n) is 2.82. The molecule has 1 aromatic rings. The Labute approximate surface area is 106 Å². The highest BCUT2D eigenvalue weighted by atomic mass is 16.5. The van der Waals surface area contributed by atoms with Crippen LogP contribution in [-0.4, -0.2) is 25.3 Å². The summed E-state index contributed by atoms with van der Waals surface area (Å²) in [6.07, 6.45) is 0.548. The number of anilines is 1. The van der Waals surface area contributed by atoms with Gasteiger partial charge in [0.05, 0.1) is 18.4 Å². The van der Waals surface area contributed by atoms with Crippen LogP contribution in [-0.2, 0) is 4.79 Å². The van der Waals surface area contributed by atoms with Crippen LogP contribution < -0.4 is 9.64 Å². The van der Waals surface area contributed by atoms with Gasteiger partial charge in [-0.2, -0.15) is 0 Å². The second-order valence-electron chi connectivity index (χ2n) is 3.85. The van der Waals surface area contributed by atoms with E-state index >= 15 is 0 Å². The van der Waals surface area contributed by atoms with Gasteiger partial charge in [0.2, 0.25) is 0 Å². The van der Waals surface area contributed by atoms with Crippen LogP contribution in [0.1, 0.15) is 23.7 Å². The second-order valence-corrected chi connectivity index (χ2v) is 3.85. The number of ketones is 1. The predicted octanol–water partition coefficient (Wildman–Crippen LogP) is 1.64. The number of fused-ring (bicyclic) bond motifs is 1. The number of Topliss-reactive ketones (excluding diaryl/α,β-unsaturated/α-hetero) is 1. The van der Waals surface area contributed by atoms with E-state index < -0.39 is 11.7 Å². The van der Waals surface area contributed by atoms with Crippen molar-refractivity contribution in [3.8, 4) is 17.6 Å². The first kappa shape index (κ1) is 12.2. The van der Waals surface area contributed by atoms with E-state index in [4.69, 9.17) is 4.74 Å². The summed E-state index contributed by atoms with van der Waals surface area (Å²) in [5, 5.41) is 0. The van der Waals surface area contributed by atoms with Crippen molar-refractivity contribution in [3.05, 3.63) is 23.8 Å². The van der Waals surface area contributed by atoms with E-state index in [-0.39, 0.29) is 0 Å². The van der Waals surface area contributed by atoms with Gasteiger partial charge in [-0.3, -0.25) is 9.59 Å². The van der Waals surface area contributed by atoms with Crippen molar-refractivity contribution in [2.75, 3.05) is 18.6 Å². The number of carbonyl (C=O) groups is 2. The van der Waals surface area contributed by atoms with Crippen LogP contribution in [0.15, 0.2) is 18.2 Å². The van der Waals surface area contributed by atoms with Gasteiger partial charge in [0.25, 0.3) is 11.7 Å². The Morgan fingerprint density at radius 1 is 1.33 bits per heavy atom. The summed E-state index contributed by atoms with van der Waals surface area (Å²) in [4.78, 5) is 25.1. The highest BCUT2D eigenvalue weighted by Gasteiger charge is 2.35. The van der Waals surface area contributed by atoms with Crippen LogP contribution in [0.2, 0.25) is 0 Å². The van der Waals surface area contributed by atoms with Crippen molar-refractivity contribution in [2.45, 2.75) is 13.3 Å². The molecule has 2 rings (SSSR count). The zero-order valence-electron chi connectivity index (χ0n) is 10.3. The van der Waals surface area contributed by atoms with Gasteiger partial charge in [-0.05, 0) is 19.1 Å². The van der Waals surface area contributed by atoms with Crippen molar-refractivity contribution < 1.29 is 14.3 Å². The molecule has 4 nitrogen and oxygen atoms in total. The lowest BCUT2D eigenvalue weighted by atomic mass is 10.1. The lowest BCUT2D eigenvalue weighted by Crippen LogP contribution is -2.30. The number of carbonyl (C=O) groups excluding carboxylic acids is 2. The number of hydrogen-bond donors (Lipinski definition) is 0. The first-order valence-electron chi connectivity index (χ1n) is 5.63. The van der Waals surface area contributed by atoms with Crippen molar-refractivity contribution in [3.63, 3.8) is 0 Å². The summed E-state index contributed by atoms with van der Waals surface area (Å²) in [5.41, 5.74) is 1.05. The van der Waals surface area contributed by atoms with Gasteiger partial charge in [0, 0.05) is 19.0 Å². The maximum atomic E-state index is 11.8. The van der Waals surface area contributed by atoms with Gasteiger partial charge in [-0.1, -0.05) is 0 Å². The molecular formula is C14H13NO3. The Morgan fingerprint density at radius 3 is 2.78 bits per heavy atom. The molecule has 0 unspecified atom stereocenters. The number of rotatable bonds is 3. The summed E-state index contributed by atoms with van der Waals surface area (Å²) in [5.74, 6) is 5.33. The van der Waals surface area contributed by atoms with E-state index in [0.29, 0.717) is 30.0 Å². The summed E-state index contributed by atoms with van der Waals surface area (Å²) in [6.45, 7) is 2.17. The first-order chi connectivity index (χ1) is 8.69. The van der Waals surface area contributed by atoms with E-state index in [1.54, 1.807) is 32.2 Å². The van der Waals surface area contributed by atoms with Crippen LogP contribution in [0, 0.1) is 11.8 Å². The maximum Gasteiger partial charge on any atom is 0.299 e. The molecule has 1 aromatic carbocycles. The molecule has 1 aliphatic rings. The molecule has 0 aromatic heterocycles. The second kappa shape index (κ2) is 4.92. The topological polar surface area (TPSA) is 46.6 Å². The average molecular weight is 243 g/mol. The van der Waals surface area contributed by atoms with Crippen LogP contribution in [0.3, 0.4) is 0 Å². The average Bonchev–Trinajstić information content (AvgIpc) is 2.63. The molecule has 1 aliphatic heterocycles. The number of amides is 1. The molecule has 18 heavy (non-hydrogen) atoms. The molecule has 0 N–H and O–H groups in total. The SMILES string of the molecule is CC#CCCN1C(=O)C(=O)c2ccc(OC)cc21. The Balaban J connectivity index is 2.35. The Kier molecular flexibility index (Phi) is 3.33. The molecule has 1 heterocycles. The normalized spacial score (nSPS) is 13.1. The third-order valence-corrected chi connectivity index (χ3v) is 2.82. The van der Waals surface area contributed by atoms with Gasteiger partial charge in [-0.15, -0.1) is 11.8 Å². The molecule has 0 spiro atoms.